The van der Waals surface area contributed by atoms with Crippen LogP contribution in [0.2, 0.25) is 0 Å². The summed E-state index contributed by atoms with van der Waals surface area (Å²) in [6.07, 6.45) is 0. The first-order valence-electron chi connectivity index (χ1n) is 6.14. The molecule has 2 atom stereocenters. The van der Waals surface area contributed by atoms with Crippen LogP contribution in [0.1, 0.15) is 13.8 Å². The van der Waals surface area contributed by atoms with Gasteiger partial charge in [-0.3, -0.25) is 4.79 Å². The zero-order valence-corrected chi connectivity index (χ0v) is 11.5. The number of carbonyl (C=O) groups excluding carboxylic acids is 1. The smallest absolute Gasteiger partial charge is 0.387 e. The van der Waals surface area contributed by atoms with Crippen molar-refractivity contribution in [2.75, 3.05) is 5.32 Å². The fourth-order valence-electron chi connectivity index (χ4n) is 1.43. The maximum Gasteiger partial charge on any atom is 0.387 e. The molecule has 0 aromatic heterocycles. The Hall–Kier alpha value is -2.38. The van der Waals surface area contributed by atoms with Crippen molar-refractivity contribution in [3.63, 3.8) is 0 Å². The monoisotopic (exact) mass is 302 g/mol. The molecule has 2 unspecified atom stereocenters. The van der Waals surface area contributed by atoms with Crippen LogP contribution >= 0.6 is 0 Å². The Balaban J connectivity index is 2.53. The third kappa shape index (κ3) is 5.64. The number of hydrogen-bond donors (Lipinski definition) is 3. The van der Waals surface area contributed by atoms with E-state index in [1.54, 1.807) is 6.92 Å². The van der Waals surface area contributed by atoms with Crippen molar-refractivity contribution in [2.24, 2.45) is 5.92 Å². The van der Waals surface area contributed by atoms with E-state index >= 15 is 0 Å². The van der Waals surface area contributed by atoms with E-state index in [2.05, 4.69) is 15.4 Å². The lowest BCUT2D eigenvalue weighted by Gasteiger charge is -2.18. The van der Waals surface area contributed by atoms with Crippen molar-refractivity contribution in [1.82, 2.24) is 5.32 Å². The molecule has 0 bridgehead atoms. The summed E-state index contributed by atoms with van der Waals surface area (Å²) in [5.74, 6) is -1.78. The first kappa shape index (κ1) is 16.7. The van der Waals surface area contributed by atoms with Gasteiger partial charge in [0, 0.05) is 11.7 Å². The fourth-order valence-corrected chi connectivity index (χ4v) is 1.43. The lowest BCUT2D eigenvalue weighted by Crippen LogP contribution is -2.42. The average molecular weight is 302 g/mol. The number of alkyl halides is 2. The average Bonchev–Trinajstić information content (AvgIpc) is 2.39. The van der Waals surface area contributed by atoms with Crippen LogP contribution in [-0.2, 0) is 4.79 Å². The molecule has 0 radical (unpaired) electrons. The third-order valence-electron chi connectivity index (χ3n) is 2.84. The maximum absolute atomic E-state index is 12.0. The van der Waals surface area contributed by atoms with E-state index in [1.807, 2.05) is 0 Å². The van der Waals surface area contributed by atoms with Crippen LogP contribution in [0.4, 0.5) is 19.3 Å². The maximum atomic E-state index is 12.0. The number of rotatable bonds is 6. The molecule has 0 heterocycles. The predicted octanol–water partition coefficient (Wildman–Crippen LogP) is 2.52. The Labute approximate surface area is 120 Å². The van der Waals surface area contributed by atoms with Crippen LogP contribution in [0.15, 0.2) is 24.3 Å². The number of halogens is 2. The zero-order chi connectivity index (χ0) is 16.0. The molecule has 1 aromatic rings. The van der Waals surface area contributed by atoms with E-state index in [0.717, 1.165) is 0 Å². The Morgan fingerprint density at radius 2 is 1.76 bits per heavy atom. The SMILES string of the molecule is CC(NC(=O)Nc1ccc(OC(F)F)cc1)C(C)C(=O)O. The molecular weight excluding hydrogens is 286 g/mol. The molecule has 6 nitrogen and oxygen atoms in total. The fraction of sp³-hybridized carbons (Fsp3) is 0.385. The molecule has 0 spiro atoms. The Morgan fingerprint density at radius 1 is 1.19 bits per heavy atom. The molecule has 8 heteroatoms. The van der Waals surface area contributed by atoms with Gasteiger partial charge >= 0.3 is 18.6 Å². The van der Waals surface area contributed by atoms with Gasteiger partial charge in [0.1, 0.15) is 5.75 Å². The van der Waals surface area contributed by atoms with E-state index in [4.69, 9.17) is 5.11 Å². The van der Waals surface area contributed by atoms with Crippen molar-refractivity contribution in [3.8, 4) is 5.75 Å². The van der Waals surface area contributed by atoms with E-state index in [-0.39, 0.29) is 5.75 Å². The molecule has 0 aliphatic heterocycles. The second-order valence-corrected chi connectivity index (χ2v) is 4.42. The molecule has 1 aromatic carbocycles. The van der Waals surface area contributed by atoms with Crippen molar-refractivity contribution in [3.05, 3.63) is 24.3 Å². The molecular formula is C13H16F2N2O4. The Bertz CT molecular complexity index is 493. The number of carbonyl (C=O) groups is 2. The van der Waals surface area contributed by atoms with Gasteiger partial charge in [0.2, 0.25) is 0 Å². The van der Waals surface area contributed by atoms with Gasteiger partial charge in [0.25, 0.3) is 0 Å². The number of amides is 2. The first-order chi connectivity index (χ1) is 9.79. The number of aliphatic carboxylic acids is 1. The van der Waals surface area contributed by atoms with Crippen LogP contribution in [0, 0.1) is 5.92 Å². The second kappa shape index (κ2) is 7.41. The summed E-state index contributed by atoms with van der Waals surface area (Å²) in [5.41, 5.74) is 0.365. The minimum Gasteiger partial charge on any atom is -0.481 e. The summed E-state index contributed by atoms with van der Waals surface area (Å²) in [5, 5.41) is 13.7. The number of benzene rings is 1. The molecule has 2 amide bonds. The van der Waals surface area contributed by atoms with E-state index < -0.39 is 30.6 Å². The van der Waals surface area contributed by atoms with Crippen molar-refractivity contribution in [2.45, 2.75) is 26.5 Å². The first-order valence-corrected chi connectivity index (χ1v) is 6.14. The number of urea groups is 1. The van der Waals surface area contributed by atoms with Gasteiger partial charge in [-0.2, -0.15) is 8.78 Å². The predicted molar refractivity (Wildman–Crippen MR) is 71.5 cm³/mol. The van der Waals surface area contributed by atoms with Gasteiger partial charge in [-0.1, -0.05) is 0 Å². The largest absolute Gasteiger partial charge is 0.481 e. The Morgan fingerprint density at radius 3 is 2.24 bits per heavy atom. The highest BCUT2D eigenvalue weighted by Crippen LogP contribution is 2.17. The molecule has 0 saturated heterocycles. The van der Waals surface area contributed by atoms with Crippen molar-refractivity contribution >= 4 is 17.7 Å². The molecule has 0 saturated carbocycles. The van der Waals surface area contributed by atoms with Crippen molar-refractivity contribution in [1.29, 1.82) is 0 Å². The molecule has 0 fully saturated rings. The number of ether oxygens (including phenoxy) is 1. The van der Waals surface area contributed by atoms with Gasteiger partial charge in [-0.05, 0) is 38.1 Å². The molecule has 0 aliphatic rings. The lowest BCUT2D eigenvalue weighted by atomic mass is 10.0. The lowest BCUT2D eigenvalue weighted by molar-refractivity contribution is -0.141. The standard InChI is InChI=1S/C13H16F2N2O4/c1-7(11(18)19)8(2)16-13(20)17-9-3-5-10(6-4-9)21-12(14)15/h3-8,12H,1-2H3,(H,18,19)(H2,16,17,20). The van der Waals surface area contributed by atoms with Crippen molar-refractivity contribution < 1.29 is 28.2 Å². The summed E-state index contributed by atoms with van der Waals surface area (Å²) in [4.78, 5) is 22.4. The zero-order valence-electron chi connectivity index (χ0n) is 11.5. The minimum absolute atomic E-state index is 0.0242. The number of nitrogens with one attached hydrogen (secondary N) is 2. The van der Waals surface area contributed by atoms with Gasteiger partial charge in [-0.15, -0.1) is 0 Å². The quantitative estimate of drug-likeness (QED) is 0.753. The summed E-state index contributed by atoms with van der Waals surface area (Å²) < 4.78 is 28.1. The van der Waals surface area contributed by atoms with E-state index in [0.29, 0.717) is 5.69 Å². The molecule has 0 aliphatic carbocycles. The van der Waals surface area contributed by atoms with Crippen LogP contribution in [0.3, 0.4) is 0 Å². The number of hydrogen-bond acceptors (Lipinski definition) is 3. The third-order valence-corrected chi connectivity index (χ3v) is 2.84. The van der Waals surface area contributed by atoms with Gasteiger partial charge in [0.15, 0.2) is 0 Å². The second-order valence-electron chi connectivity index (χ2n) is 4.42. The van der Waals surface area contributed by atoms with E-state index in [9.17, 15) is 18.4 Å². The molecule has 21 heavy (non-hydrogen) atoms. The van der Waals surface area contributed by atoms with Crippen LogP contribution in [0.25, 0.3) is 0 Å². The number of carboxylic acid groups (broad SMARTS) is 1. The molecule has 1 rings (SSSR count). The summed E-state index contributed by atoms with van der Waals surface area (Å²) in [7, 11) is 0. The Kier molecular flexibility index (Phi) is 5.89. The molecule has 3 N–H and O–H groups in total. The highest BCUT2D eigenvalue weighted by atomic mass is 19.3. The van der Waals surface area contributed by atoms with Gasteiger partial charge in [0.05, 0.1) is 5.92 Å². The minimum atomic E-state index is -2.91. The van der Waals surface area contributed by atoms with Gasteiger partial charge in [-0.25, -0.2) is 4.79 Å². The summed E-state index contributed by atoms with van der Waals surface area (Å²) >= 11 is 0. The topological polar surface area (TPSA) is 87.7 Å². The summed E-state index contributed by atoms with van der Waals surface area (Å²) in [6.45, 7) is 0.132. The van der Waals surface area contributed by atoms with E-state index in [1.165, 1.54) is 31.2 Å². The highest BCUT2D eigenvalue weighted by molar-refractivity contribution is 5.89. The van der Waals surface area contributed by atoms with Crippen LogP contribution in [0.5, 0.6) is 5.75 Å². The van der Waals surface area contributed by atoms with Crippen LogP contribution < -0.4 is 15.4 Å². The number of carboxylic acids is 1. The molecule has 116 valence electrons. The van der Waals surface area contributed by atoms with Crippen LogP contribution in [-0.4, -0.2) is 29.8 Å². The van der Waals surface area contributed by atoms with Gasteiger partial charge < -0.3 is 20.5 Å². The highest BCUT2D eigenvalue weighted by Gasteiger charge is 2.20. The number of anilines is 1. The normalized spacial score (nSPS) is 13.4. The summed E-state index contributed by atoms with van der Waals surface area (Å²) in [6, 6.07) is 4.20.